The Morgan fingerprint density at radius 1 is 1.39 bits per heavy atom. The SMILES string of the molecule is Cc1cc(=O)n2c(n1)SCC2CC(=O)OCc1cc(-c2ccccc2F)on1. The Balaban J connectivity index is 1.38. The lowest BCUT2D eigenvalue weighted by Crippen LogP contribution is -2.26. The number of carbonyl (C=O) groups excluding carboxylic acids is 1. The highest BCUT2D eigenvalue weighted by Gasteiger charge is 2.28. The Kier molecular flexibility index (Phi) is 4.99. The summed E-state index contributed by atoms with van der Waals surface area (Å²) in [6, 6.07) is 8.87. The summed E-state index contributed by atoms with van der Waals surface area (Å²) in [5.74, 6) is -0.0316. The number of esters is 1. The zero-order valence-electron chi connectivity index (χ0n) is 14.9. The maximum absolute atomic E-state index is 13.8. The Morgan fingerprint density at radius 2 is 2.21 bits per heavy atom. The zero-order valence-corrected chi connectivity index (χ0v) is 15.7. The molecule has 0 N–H and O–H groups in total. The molecule has 0 saturated heterocycles. The Labute approximate surface area is 163 Å². The molecule has 2 aromatic heterocycles. The minimum atomic E-state index is -0.457. The van der Waals surface area contributed by atoms with Crippen LogP contribution in [-0.4, -0.2) is 26.4 Å². The fourth-order valence-corrected chi connectivity index (χ4v) is 4.18. The molecule has 0 bridgehead atoms. The molecule has 0 saturated carbocycles. The smallest absolute Gasteiger partial charge is 0.308 e. The molecule has 4 rings (SSSR count). The van der Waals surface area contributed by atoms with Gasteiger partial charge in [0.05, 0.1) is 18.0 Å². The Morgan fingerprint density at radius 3 is 3.04 bits per heavy atom. The van der Waals surface area contributed by atoms with Crippen molar-refractivity contribution in [3.63, 3.8) is 0 Å². The van der Waals surface area contributed by atoms with Gasteiger partial charge in [0.1, 0.15) is 18.1 Å². The summed E-state index contributed by atoms with van der Waals surface area (Å²) in [6.45, 7) is 1.67. The average molecular weight is 401 g/mol. The number of ether oxygens (including phenoxy) is 1. The lowest BCUT2D eigenvalue weighted by Gasteiger charge is -2.12. The number of thioether (sulfide) groups is 1. The van der Waals surface area contributed by atoms with E-state index in [-0.39, 0.29) is 36.0 Å². The van der Waals surface area contributed by atoms with Gasteiger partial charge in [0.15, 0.2) is 10.9 Å². The van der Waals surface area contributed by atoms with E-state index in [1.807, 2.05) is 0 Å². The molecular formula is C19H16FN3O4S. The Hall–Kier alpha value is -2.94. The molecule has 1 aliphatic rings. The first-order valence-electron chi connectivity index (χ1n) is 8.60. The summed E-state index contributed by atoms with van der Waals surface area (Å²) in [5, 5.41) is 4.43. The van der Waals surface area contributed by atoms with E-state index in [1.54, 1.807) is 25.1 Å². The van der Waals surface area contributed by atoms with E-state index >= 15 is 0 Å². The lowest BCUT2D eigenvalue weighted by molar-refractivity contribution is -0.145. The average Bonchev–Trinajstić information content (AvgIpc) is 3.28. The molecule has 0 fully saturated rings. The molecule has 3 aromatic rings. The van der Waals surface area contributed by atoms with Gasteiger partial charge >= 0.3 is 5.97 Å². The number of nitrogens with zero attached hydrogens (tertiary/aromatic N) is 3. The summed E-state index contributed by atoms with van der Waals surface area (Å²) in [5.41, 5.74) is 1.15. The van der Waals surface area contributed by atoms with Gasteiger partial charge in [0, 0.05) is 23.6 Å². The van der Waals surface area contributed by atoms with Crippen molar-refractivity contribution in [2.45, 2.75) is 31.1 Å². The number of halogens is 1. The fourth-order valence-electron chi connectivity index (χ4n) is 2.99. The van der Waals surface area contributed by atoms with Crippen molar-refractivity contribution in [2.75, 3.05) is 5.75 Å². The molecule has 9 heteroatoms. The number of hydrogen-bond acceptors (Lipinski definition) is 7. The van der Waals surface area contributed by atoms with Crippen LogP contribution in [0, 0.1) is 12.7 Å². The van der Waals surface area contributed by atoms with Crippen LogP contribution in [0.1, 0.15) is 23.9 Å². The highest BCUT2D eigenvalue weighted by atomic mass is 32.2. The van der Waals surface area contributed by atoms with Crippen molar-refractivity contribution < 1.29 is 18.4 Å². The molecule has 3 heterocycles. The summed E-state index contributed by atoms with van der Waals surface area (Å²) < 4.78 is 25.7. The zero-order chi connectivity index (χ0) is 19.7. The second-order valence-electron chi connectivity index (χ2n) is 6.38. The van der Waals surface area contributed by atoms with Crippen LogP contribution in [0.5, 0.6) is 0 Å². The first kappa shape index (κ1) is 18.4. The summed E-state index contributed by atoms with van der Waals surface area (Å²) in [6.07, 6.45) is 0.0582. The van der Waals surface area contributed by atoms with Gasteiger partial charge in [0.2, 0.25) is 0 Å². The molecule has 144 valence electrons. The topological polar surface area (TPSA) is 87.2 Å². The third-order valence-electron chi connectivity index (χ3n) is 4.30. The van der Waals surface area contributed by atoms with Crippen LogP contribution < -0.4 is 5.56 Å². The van der Waals surface area contributed by atoms with Crippen LogP contribution in [0.2, 0.25) is 0 Å². The van der Waals surface area contributed by atoms with Crippen LogP contribution in [-0.2, 0) is 16.1 Å². The van der Waals surface area contributed by atoms with Gasteiger partial charge < -0.3 is 9.26 Å². The van der Waals surface area contributed by atoms with Crippen LogP contribution >= 0.6 is 11.8 Å². The van der Waals surface area contributed by atoms with Gasteiger partial charge in [-0.3, -0.25) is 14.2 Å². The molecule has 7 nitrogen and oxygen atoms in total. The summed E-state index contributed by atoms with van der Waals surface area (Å²) in [4.78, 5) is 28.7. The van der Waals surface area contributed by atoms with E-state index in [0.717, 1.165) is 0 Å². The first-order valence-corrected chi connectivity index (χ1v) is 9.59. The van der Waals surface area contributed by atoms with Crippen molar-refractivity contribution in [3.8, 4) is 11.3 Å². The number of aromatic nitrogens is 3. The van der Waals surface area contributed by atoms with Gasteiger partial charge in [-0.1, -0.05) is 29.1 Å². The highest BCUT2D eigenvalue weighted by Crippen LogP contribution is 2.32. The second kappa shape index (κ2) is 7.59. The van der Waals surface area contributed by atoms with Crippen LogP contribution in [0.4, 0.5) is 4.39 Å². The van der Waals surface area contributed by atoms with Gasteiger partial charge in [-0.15, -0.1) is 0 Å². The van der Waals surface area contributed by atoms with Crippen molar-refractivity contribution in [3.05, 3.63) is 64.0 Å². The van der Waals surface area contributed by atoms with E-state index in [0.29, 0.717) is 22.3 Å². The number of hydrogen-bond donors (Lipinski definition) is 0. The van der Waals surface area contributed by atoms with Gasteiger partial charge in [-0.2, -0.15) is 0 Å². The predicted molar refractivity (Wildman–Crippen MR) is 99.3 cm³/mol. The molecule has 1 atom stereocenters. The largest absolute Gasteiger partial charge is 0.459 e. The summed E-state index contributed by atoms with van der Waals surface area (Å²) >= 11 is 1.44. The lowest BCUT2D eigenvalue weighted by atomic mass is 10.1. The number of fused-ring (bicyclic) bond motifs is 1. The van der Waals surface area contributed by atoms with Crippen molar-refractivity contribution >= 4 is 17.7 Å². The van der Waals surface area contributed by atoms with Crippen molar-refractivity contribution in [1.29, 1.82) is 0 Å². The predicted octanol–water partition coefficient (Wildman–Crippen LogP) is 3.13. The minimum Gasteiger partial charge on any atom is -0.459 e. The van der Waals surface area contributed by atoms with Gasteiger partial charge in [-0.25, -0.2) is 9.37 Å². The number of aryl methyl sites for hydroxylation is 1. The number of rotatable bonds is 5. The van der Waals surface area contributed by atoms with E-state index in [2.05, 4.69) is 10.1 Å². The maximum Gasteiger partial charge on any atom is 0.308 e. The highest BCUT2D eigenvalue weighted by molar-refractivity contribution is 7.99. The quantitative estimate of drug-likeness (QED) is 0.479. The maximum atomic E-state index is 13.8. The molecule has 1 aliphatic heterocycles. The molecule has 0 amide bonds. The van der Waals surface area contributed by atoms with E-state index < -0.39 is 11.8 Å². The number of carbonyl (C=O) groups is 1. The standard InChI is InChI=1S/C19H16FN3O4S/c1-11-6-17(24)23-13(10-28-19(23)21-11)8-18(25)26-9-12-7-16(27-22-12)14-4-2-3-5-15(14)20/h2-7,13H,8-10H2,1H3. The van der Waals surface area contributed by atoms with Crippen LogP contribution in [0.3, 0.4) is 0 Å². The summed E-state index contributed by atoms with van der Waals surface area (Å²) in [7, 11) is 0. The van der Waals surface area contributed by atoms with Crippen molar-refractivity contribution in [2.24, 2.45) is 0 Å². The Bertz CT molecular complexity index is 1090. The molecule has 28 heavy (non-hydrogen) atoms. The minimum absolute atomic E-state index is 0.0582. The van der Waals surface area contributed by atoms with Gasteiger partial charge in [0.25, 0.3) is 5.56 Å². The number of benzene rings is 1. The van der Waals surface area contributed by atoms with E-state index in [9.17, 15) is 14.0 Å². The molecule has 1 unspecified atom stereocenters. The van der Waals surface area contributed by atoms with E-state index in [4.69, 9.17) is 9.26 Å². The molecule has 0 spiro atoms. The molecular weight excluding hydrogens is 385 g/mol. The van der Waals surface area contributed by atoms with Gasteiger partial charge in [-0.05, 0) is 19.1 Å². The third-order valence-corrected chi connectivity index (χ3v) is 5.40. The van der Waals surface area contributed by atoms with Crippen LogP contribution in [0.25, 0.3) is 11.3 Å². The molecule has 0 aliphatic carbocycles. The van der Waals surface area contributed by atoms with Crippen molar-refractivity contribution in [1.82, 2.24) is 14.7 Å². The first-order chi connectivity index (χ1) is 13.5. The molecule has 0 radical (unpaired) electrons. The molecule has 1 aromatic carbocycles. The third kappa shape index (κ3) is 3.70. The van der Waals surface area contributed by atoms with Crippen LogP contribution in [0.15, 0.2) is 50.9 Å². The monoisotopic (exact) mass is 401 g/mol. The normalized spacial score (nSPS) is 15.4. The second-order valence-corrected chi connectivity index (χ2v) is 7.37. The fraction of sp³-hybridized carbons (Fsp3) is 0.263. The van der Waals surface area contributed by atoms with E-state index in [1.165, 1.54) is 34.5 Å².